The Morgan fingerprint density at radius 2 is 0.792 bits per heavy atom. The molecule has 4 heteroatoms. The van der Waals surface area contributed by atoms with Crippen LogP contribution >= 0.6 is 90.4 Å². The molecule has 0 aliphatic rings. The normalized spacial score (nSPS) is 10.9. The average Bonchev–Trinajstić information content (AvgIpc) is 2.50. The fourth-order valence-corrected chi connectivity index (χ4v) is 6.08. The van der Waals surface area contributed by atoms with Crippen molar-refractivity contribution in [3.8, 4) is 22.3 Å². The van der Waals surface area contributed by atoms with E-state index in [4.69, 9.17) is 0 Å². The predicted octanol–water partition coefficient (Wildman–Crippen LogP) is 8.06. The highest BCUT2D eigenvalue weighted by Crippen LogP contribution is 2.37. The van der Waals surface area contributed by atoms with Crippen LogP contribution in [0, 0.1) is 28.1 Å². The predicted molar refractivity (Wildman–Crippen MR) is 138 cm³/mol. The van der Waals surface area contributed by atoms with Gasteiger partial charge in [0.2, 0.25) is 0 Å². The first-order chi connectivity index (χ1) is 11.4. The Morgan fingerprint density at radius 3 is 1.12 bits per heavy atom. The summed E-state index contributed by atoms with van der Waals surface area (Å²) in [5.74, 6) is 0. The monoisotopic (exact) mass is 762 g/mol. The van der Waals surface area contributed by atoms with E-state index in [0.717, 1.165) is 0 Å². The van der Waals surface area contributed by atoms with Crippen LogP contribution in [-0.4, -0.2) is 0 Å². The molecular weight excluding hydrogens is 748 g/mol. The number of benzene rings is 3. The molecule has 0 aliphatic heterocycles. The van der Waals surface area contributed by atoms with Crippen LogP contribution in [0.1, 0.15) is 11.1 Å². The topological polar surface area (TPSA) is 0 Å². The lowest BCUT2D eigenvalue weighted by molar-refractivity contribution is 1.42. The zero-order valence-electron chi connectivity index (χ0n) is 13.1. The summed E-state index contributed by atoms with van der Waals surface area (Å²) in [6.45, 7) is 4.28. The van der Waals surface area contributed by atoms with Crippen molar-refractivity contribution in [2.45, 2.75) is 13.8 Å². The number of hydrogen-bond donors (Lipinski definition) is 0. The van der Waals surface area contributed by atoms with E-state index in [2.05, 4.69) is 153 Å². The summed E-state index contributed by atoms with van der Waals surface area (Å²) >= 11 is 9.82. The summed E-state index contributed by atoms with van der Waals surface area (Å²) in [7, 11) is 0. The minimum absolute atomic E-state index is 1.29. The highest BCUT2D eigenvalue weighted by atomic mass is 127. The lowest BCUT2D eigenvalue weighted by atomic mass is 9.99. The van der Waals surface area contributed by atoms with Crippen molar-refractivity contribution < 1.29 is 0 Å². The molecule has 0 aromatic heterocycles. The van der Waals surface area contributed by atoms with Crippen molar-refractivity contribution in [3.05, 3.63) is 73.9 Å². The highest BCUT2D eigenvalue weighted by Gasteiger charge is 2.14. The molecule has 3 rings (SSSR count). The van der Waals surface area contributed by atoms with Gasteiger partial charge in [-0.05, 0) is 151 Å². The smallest absolute Gasteiger partial charge is 0.0216 e. The van der Waals surface area contributed by atoms with Gasteiger partial charge in [0.25, 0.3) is 0 Å². The van der Waals surface area contributed by atoms with E-state index < -0.39 is 0 Å². The van der Waals surface area contributed by atoms with E-state index in [1.807, 2.05) is 0 Å². The Kier molecular flexibility index (Phi) is 6.51. The van der Waals surface area contributed by atoms with Crippen LogP contribution in [0.15, 0.2) is 48.5 Å². The molecule has 0 heterocycles. The van der Waals surface area contributed by atoms with Crippen molar-refractivity contribution in [1.29, 1.82) is 0 Å². The summed E-state index contributed by atoms with van der Waals surface area (Å²) in [4.78, 5) is 0. The van der Waals surface area contributed by atoms with Crippen LogP contribution < -0.4 is 0 Å². The molecule has 0 spiro atoms. The second-order valence-electron chi connectivity index (χ2n) is 5.78. The molecule has 0 unspecified atom stereocenters. The second-order valence-corrected chi connectivity index (χ2v) is 10.4. The van der Waals surface area contributed by atoms with Gasteiger partial charge in [0, 0.05) is 14.3 Å². The second kappa shape index (κ2) is 8.08. The van der Waals surface area contributed by atoms with Crippen LogP contribution in [0.25, 0.3) is 22.3 Å². The zero-order valence-corrected chi connectivity index (χ0v) is 21.8. The van der Waals surface area contributed by atoms with Gasteiger partial charge in [-0.1, -0.05) is 35.4 Å². The molecule has 0 nitrogen and oxygen atoms in total. The quantitative estimate of drug-likeness (QED) is 0.232. The van der Waals surface area contributed by atoms with Crippen LogP contribution in [-0.2, 0) is 0 Å². The van der Waals surface area contributed by atoms with E-state index in [9.17, 15) is 0 Å². The van der Waals surface area contributed by atoms with Gasteiger partial charge in [0.15, 0.2) is 0 Å². The van der Waals surface area contributed by atoms with Gasteiger partial charge in [-0.3, -0.25) is 0 Å². The minimum Gasteiger partial charge on any atom is -0.0586 e. The maximum atomic E-state index is 2.47. The maximum Gasteiger partial charge on any atom is 0.0216 e. The Labute approximate surface area is 197 Å². The first kappa shape index (κ1) is 19.3. The summed E-state index contributed by atoms with van der Waals surface area (Å²) in [6.07, 6.45) is 0. The van der Waals surface area contributed by atoms with Crippen molar-refractivity contribution in [2.24, 2.45) is 0 Å². The molecule has 0 aliphatic carbocycles. The van der Waals surface area contributed by atoms with E-state index >= 15 is 0 Å². The lowest BCUT2D eigenvalue weighted by Gasteiger charge is -2.14. The molecule has 3 aromatic rings. The van der Waals surface area contributed by atoms with E-state index in [0.29, 0.717) is 0 Å². The minimum atomic E-state index is 1.29. The number of rotatable bonds is 2. The van der Waals surface area contributed by atoms with Gasteiger partial charge in [0.1, 0.15) is 0 Å². The van der Waals surface area contributed by atoms with Crippen molar-refractivity contribution >= 4 is 90.4 Å². The Morgan fingerprint density at radius 1 is 0.458 bits per heavy atom. The fraction of sp³-hybridized carbons (Fsp3) is 0.100. The largest absolute Gasteiger partial charge is 0.0586 e. The fourth-order valence-electron chi connectivity index (χ4n) is 2.64. The SMILES string of the molecule is Cc1ccc(-c2cc(I)c(-c3ccc(C)cc3I)cc2I)c(I)c1. The van der Waals surface area contributed by atoms with E-state index in [-0.39, 0.29) is 0 Å². The molecule has 0 saturated heterocycles. The van der Waals surface area contributed by atoms with Gasteiger partial charge in [0.05, 0.1) is 0 Å². The number of hydrogen-bond acceptors (Lipinski definition) is 0. The third-order valence-electron chi connectivity index (χ3n) is 3.89. The zero-order chi connectivity index (χ0) is 17.4. The lowest BCUT2D eigenvalue weighted by Crippen LogP contribution is -1.93. The van der Waals surface area contributed by atoms with E-state index in [1.54, 1.807) is 0 Å². The van der Waals surface area contributed by atoms with Crippen molar-refractivity contribution in [3.63, 3.8) is 0 Å². The molecular formula is C20H14I4. The maximum absolute atomic E-state index is 2.47. The Balaban J connectivity index is 2.15. The van der Waals surface area contributed by atoms with Gasteiger partial charge in [-0.2, -0.15) is 0 Å². The van der Waals surface area contributed by atoms with Gasteiger partial charge >= 0.3 is 0 Å². The summed E-state index contributed by atoms with van der Waals surface area (Å²) in [5.41, 5.74) is 7.87. The molecule has 3 aromatic carbocycles. The van der Waals surface area contributed by atoms with Crippen LogP contribution in [0.5, 0.6) is 0 Å². The number of halogens is 4. The molecule has 0 radical (unpaired) electrons. The third kappa shape index (κ3) is 4.11. The highest BCUT2D eigenvalue weighted by molar-refractivity contribution is 14.1. The third-order valence-corrected chi connectivity index (χ3v) is 7.46. The van der Waals surface area contributed by atoms with Gasteiger partial charge in [-0.15, -0.1) is 0 Å². The van der Waals surface area contributed by atoms with E-state index in [1.165, 1.54) is 47.7 Å². The molecule has 0 amide bonds. The summed E-state index contributed by atoms with van der Waals surface area (Å²) in [5, 5.41) is 0. The molecule has 24 heavy (non-hydrogen) atoms. The average molecular weight is 762 g/mol. The van der Waals surface area contributed by atoms with Gasteiger partial charge in [-0.25, -0.2) is 0 Å². The molecule has 0 N–H and O–H groups in total. The van der Waals surface area contributed by atoms with Crippen LogP contribution in [0.4, 0.5) is 0 Å². The number of aryl methyl sites for hydroxylation is 2. The van der Waals surface area contributed by atoms with Crippen molar-refractivity contribution in [1.82, 2.24) is 0 Å². The summed E-state index contributed by atoms with van der Waals surface area (Å²) in [6, 6.07) is 18.0. The van der Waals surface area contributed by atoms with Gasteiger partial charge < -0.3 is 0 Å². The first-order valence-electron chi connectivity index (χ1n) is 7.39. The Hall–Kier alpha value is 0.580. The molecule has 0 saturated carbocycles. The molecule has 0 fully saturated rings. The standard InChI is InChI=1S/C20H14I4/c1-11-3-5-13(17(21)7-11)15-9-20(24)16(10-19(15)23)14-6-4-12(2)8-18(14)22/h3-10H,1-2H3. The first-order valence-corrected chi connectivity index (χ1v) is 11.7. The van der Waals surface area contributed by atoms with Crippen LogP contribution in [0.2, 0.25) is 0 Å². The molecule has 0 atom stereocenters. The Bertz CT molecular complexity index is 852. The van der Waals surface area contributed by atoms with Crippen LogP contribution in [0.3, 0.4) is 0 Å². The molecule has 122 valence electrons. The van der Waals surface area contributed by atoms with Crippen molar-refractivity contribution in [2.75, 3.05) is 0 Å². The molecule has 0 bridgehead atoms. The summed E-state index contributed by atoms with van der Waals surface area (Å²) < 4.78 is 5.19.